The average Bonchev–Trinajstić information content (AvgIpc) is 2.55. The van der Waals surface area contributed by atoms with E-state index in [1.165, 1.54) is 0 Å². The van der Waals surface area contributed by atoms with E-state index in [2.05, 4.69) is 4.74 Å². The third-order valence-electron chi connectivity index (χ3n) is 2.98. The van der Waals surface area contributed by atoms with E-state index in [0.29, 0.717) is 0 Å². The summed E-state index contributed by atoms with van der Waals surface area (Å²) in [5.41, 5.74) is -0.544. The van der Waals surface area contributed by atoms with Crippen molar-refractivity contribution >= 4 is 11.9 Å². The van der Waals surface area contributed by atoms with E-state index in [1.54, 1.807) is 0 Å². The number of phenols is 5. The molecule has 9 heteroatoms. The second-order valence-corrected chi connectivity index (χ2v) is 4.59. The minimum absolute atomic E-state index is 0.188. The van der Waals surface area contributed by atoms with Gasteiger partial charge in [0.1, 0.15) is 0 Å². The molecule has 0 aliphatic carbocycles. The molecule has 0 unspecified atom stereocenters. The van der Waals surface area contributed by atoms with E-state index in [-0.39, 0.29) is 11.1 Å². The van der Waals surface area contributed by atoms with Crippen LogP contribution in [0.3, 0.4) is 0 Å². The average molecular weight is 336 g/mol. The van der Waals surface area contributed by atoms with Gasteiger partial charge in [0.25, 0.3) is 0 Å². The van der Waals surface area contributed by atoms with Crippen molar-refractivity contribution in [3.8, 4) is 34.5 Å². The van der Waals surface area contributed by atoms with Gasteiger partial charge in [-0.3, -0.25) is 0 Å². The predicted octanol–water partition coefficient (Wildman–Crippen LogP) is 1.22. The number of carbonyl (C=O) groups is 2. The highest BCUT2D eigenvalue weighted by Gasteiger charge is 2.20. The fraction of sp³-hybridized carbons (Fsp3) is 0.0667. The number of rotatable bonds is 3. The van der Waals surface area contributed by atoms with Crippen LogP contribution in [0.2, 0.25) is 0 Å². The molecule has 0 aromatic heterocycles. The molecular formula is C15H12O9. The highest BCUT2D eigenvalue weighted by molar-refractivity contribution is 5.94. The number of methoxy groups -OCH3 is 1. The zero-order valence-corrected chi connectivity index (χ0v) is 12.2. The smallest absolute Gasteiger partial charge is 0.343 e. The van der Waals surface area contributed by atoms with Gasteiger partial charge < -0.3 is 35.0 Å². The summed E-state index contributed by atoms with van der Waals surface area (Å²) in [6.07, 6.45) is 0. The van der Waals surface area contributed by atoms with Crippen molar-refractivity contribution in [2.75, 3.05) is 7.11 Å². The summed E-state index contributed by atoms with van der Waals surface area (Å²) in [5.74, 6) is -6.41. The molecule has 0 saturated carbocycles. The Kier molecular flexibility index (Phi) is 4.36. The maximum absolute atomic E-state index is 12.0. The van der Waals surface area contributed by atoms with Crippen molar-refractivity contribution in [3.05, 3.63) is 35.4 Å². The van der Waals surface area contributed by atoms with Crippen molar-refractivity contribution in [1.82, 2.24) is 0 Å². The van der Waals surface area contributed by atoms with Crippen LogP contribution in [0.5, 0.6) is 34.5 Å². The standard InChI is InChI=1S/C15H12O9/c1-23-14(21)7-4-10(18)13(20)11(5-7)24-15(22)6-2-8(16)12(19)9(17)3-6/h2-5,16-20H,1H3. The second-order valence-electron chi connectivity index (χ2n) is 4.59. The molecule has 9 nitrogen and oxygen atoms in total. The Labute approximate surface area is 134 Å². The number of carbonyl (C=O) groups excluding carboxylic acids is 2. The fourth-order valence-corrected chi connectivity index (χ4v) is 1.79. The zero-order valence-electron chi connectivity index (χ0n) is 12.2. The summed E-state index contributed by atoms with van der Waals surface area (Å²) in [5, 5.41) is 47.3. The predicted molar refractivity (Wildman–Crippen MR) is 77.5 cm³/mol. The molecule has 0 amide bonds. The van der Waals surface area contributed by atoms with Gasteiger partial charge in [0.2, 0.25) is 5.75 Å². The molecule has 0 atom stereocenters. The van der Waals surface area contributed by atoms with E-state index in [0.717, 1.165) is 31.4 Å². The fourth-order valence-electron chi connectivity index (χ4n) is 1.79. The Morgan fingerprint density at radius 2 is 1.21 bits per heavy atom. The van der Waals surface area contributed by atoms with E-state index in [1.807, 2.05) is 0 Å². The summed E-state index contributed by atoms with van der Waals surface area (Å²) < 4.78 is 9.29. The van der Waals surface area contributed by atoms with Crippen LogP contribution in [0.4, 0.5) is 0 Å². The van der Waals surface area contributed by atoms with Gasteiger partial charge in [0.05, 0.1) is 18.2 Å². The lowest BCUT2D eigenvalue weighted by atomic mass is 10.1. The molecule has 24 heavy (non-hydrogen) atoms. The van der Waals surface area contributed by atoms with E-state index >= 15 is 0 Å². The molecule has 0 fully saturated rings. The number of esters is 2. The van der Waals surface area contributed by atoms with E-state index in [9.17, 15) is 35.1 Å². The minimum atomic E-state index is -1.14. The van der Waals surface area contributed by atoms with Crippen molar-refractivity contribution in [2.24, 2.45) is 0 Å². The number of phenolic OH excluding ortho intramolecular Hbond substituents is 5. The number of benzene rings is 2. The Hall–Kier alpha value is -3.62. The molecule has 126 valence electrons. The molecular weight excluding hydrogens is 324 g/mol. The Balaban J connectivity index is 2.38. The minimum Gasteiger partial charge on any atom is -0.504 e. The molecule has 5 N–H and O–H groups in total. The van der Waals surface area contributed by atoms with Gasteiger partial charge in [0.15, 0.2) is 28.7 Å². The summed E-state index contributed by atoms with van der Waals surface area (Å²) in [7, 11) is 1.10. The van der Waals surface area contributed by atoms with Gasteiger partial charge in [-0.05, 0) is 24.3 Å². The molecule has 2 aromatic rings. The number of hydrogen-bond donors (Lipinski definition) is 5. The Morgan fingerprint density at radius 3 is 1.71 bits per heavy atom. The zero-order chi connectivity index (χ0) is 18.0. The molecule has 0 heterocycles. The molecule has 2 rings (SSSR count). The van der Waals surface area contributed by atoms with Crippen LogP contribution in [0.15, 0.2) is 24.3 Å². The molecule has 0 radical (unpaired) electrons. The van der Waals surface area contributed by atoms with Crippen molar-refractivity contribution < 1.29 is 44.6 Å². The maximum Gasteiger partial charge on any atom is 0.343 e. The number of ether oxygens (including phenoxy) is 2. The summed E-state index contributed by atoms with van der Waals surface area (Å²) in [6, 6.07) is 3.51. The lowest BCUT2D eigenvalue weighted by Crippen LogP contribution is -2.09. The molecule has 0 spiro atoms. The van der Waals surface area contributed by atoms with Crippen LogP contribution in [0, 0.1) is 0 Å². The second kappa shape index (κ2) is 6.24. The largest absolute Gasteiger partial charge is 0.504 e. The first-order valence-electron chi connectivity index (χ1n) is 6.36. The topological polar surface area (TPSA) is 154 Å². The number of hydrogen-bond acceptors (Lipinski definition) is 9. The highest BCUT2D eigenvalue weighted by Crippen LogP contribution is 2.39. The third-order valence-corrected chi connectivity index (χ3v) is 2.98. The van der Waals surface area contributed by atoms with Gasteiger partial charge in [-0.1, -0.05) is 0 Å². The van der Waals surface area contributed by atoms with Crippen LogP contribution in [0.1, 0.15) is 20.7 Å². The van der Waals surface area contributed by atoms with Crippen LogP contribution in [-0.4, -0.2) is 44.6 Å². The molecule has 2 aromatic carbocycles. The monoisotopic (exact) mass is 336 g/mol. The Morgan fingerprint density at radius 1 is 0.750 bits per heavy atom. The SMILES string of the molecule is COC(=O)c1cc(O)c(O)c(OC(=O)c2cc(O)c(O)c(O)c2)c1. The molecule has 0 aliphatic rings. The van der Waals surface area contributed by atoms with Crippen LogP contribution < -0.4 is 4.74 Å². The molecule has 0 saturated heterocycles. The lowest BCUT2D eigenvalue weighted by Gasteiger charge is -2.10. The van der Waals surface area contributed by atoms with Gasteiger partial charge in [-0.2, -0.15) is 0 Å². The summed E-state index contributed by atoms with van der Waals surface area (Å²) in [6.45, 7) is 0. The van der Waals surface area contributed by atoms with Crippen molar-refractivity contribution in [3.63, 3.8) is 0 Å². The third kappa shape index (κ3) is 3.09. The van der Waals surface area contributed by atoms with Gasteiger partial charge in [-0.15, -0.1) is 0 Å². The normalized spacial score (nSPS) is 10.2. The van der Waals surface area contributed by atoms with E-state index < -0.39 is 46.4 Å². The lowest BCUT2D eigenvalue weighted by molar-refractivity contribution is 0.0596. The first kappa shape index (κ1) is 16.7. The van der Waals surface area contributed by atoms with Crippen LogP contribution in [0.25, 0.3) is 0 Å². The van der Waals surface area contributed by atoms with E-state index in [4.69, 9.17) is 4.74 Å². The number of aromatic hydroxyl groups is 5. The Bertz CT molecular complexity index is 803. The van der Waals surface area contributed by atoms with Crippen LogP contribution in [-0.2, 0) is 4.74 Å². The first-order chi connectivity index (χ1) is 11.2. The maximum atomic E-state index is 12.0. The van der Waals surface area contributed by atoms with Gasteiger partial charge in [0, 0.05) is 0 Å². The molecule has 0 aliphatic heterocycles. The highest BCUT2D eigenvalue weighted by atomic mass is 16.5. The van der Waals surface area contributed by atoms with Crippen molar-refractivity contribution in [1.29, 1.82) is 0 Å². The van der Waals surface area contributed by atoms with Crippen molar-refractivity contribution in [2.45, 2.75) is 0 Å². The molecule has 0 bridgehead atoms. The summed E-state index contributed by atoms with van der Waals surface area (Å²) in [4.78, 5) is 23.5. The van der Waals surface area contributed by atoms with Gasteiger partial charge >= 0.3 is 11.9 Å². The summed E-state index contributed by atoms with van der Waals surface area (Å²) >= 11 is 0. The quantitative estimate of drug-likeness (QED) is 0.316. The first-order valence-corrected chi connectivity index (χ1v) is 6.36. The van der Waals surface area contributed by atoms with Gasteiger partial charge in [-0.25, -0.2) is 9.59 Å². The van der Waals surface area contributed by atoms with Crippen LogP contribution >= 0.6 is 0 Å².